The molecule has 0 unspecified atom stereocenters. The SMILES string of the molecule is COc1ccc([C@@H](N)CC(=O)NCc2ccnc(C)c2)cc1OC. The summed E-state index contributed by atoms with van der Waals surface area (Å²) in [5.41, 5.74) is 8.89. The number of aryl methyl sites for hydroxylation is 1. The summed E-state index contributed by atoms with van der Waals surface area (Å²) in [6.07, 6.45) is 1.92. The quantitative estimate of drug-likeness (QED) is 0.812. The lowest BCUT2D eigenvalue weighted by molar-refractivity contribution is -0.121. The Morgan fingerprint density at radius 1 is 1.21 bits per heavy atom. The van der Waals surface area contributed by atoms with Crippen LogP contribution in [-0.4, -0.2) is 25.1 Å². The van der Waals surface area contributed by atoms with Crippen LogP contribution in [0.1, 0.15) is 29.3 Å². The van der Waals surface area contributed by atoms with Crippen LogP contribution in [0.5, 0.6) is 11.5 Å². The van der Waals surface area contributed by atoms with Crippen molar-refractivity contribution in [3.05, 3.63) is 53.3 Å². The highest BCUT2D eigenvalue weighted by Crippen LogP contribution is 2.30. The maximum atomic E-state index is 12.1. The third-order valence-electron chi connectivity index (χ3n) is 3.69. The number of ether oxygens (including phenoxy) is 2. The number of rotatable bonds is 7. The molecule has 0 aliphatic carbocycles. The molecule has 0 fully saturated rings. The van der Waals surface area contributed by atoms with Gasteiger partial charge in [-0.2, -0.15) is 0 Å². The van der Waals surface area contributed by atoms with Crippen molar-refractivity contribution in [1.82, 2.24) is 10.3 Å². The number of nitrogens with two attached hydrogens (primary N) is 1. The van der Waals surface area contributed by atoms with Gasteiger partial charge in [-0.1, -0.05) is 6.07 Å². The van der Waals surface area contributed by atoms with E-state index < -0.39 is 6.04 Å². The van der Waals surface area contributed by atoms with Gasteiger partial charge in [-0.15, -0.1) is 0 Å². The van der Waals surface area contributed by atoms with Gasteiger partial charge < -0.3 is 20.5 Å². The zero-order chi connectivity index (χ0) is 17.5. The summed E-state index contributed by atoms with van der Waals surface area (Å²) >= 11 is 0. The van der Waals surface area contributed by atoms with Crippen LogP contribution in [0.4, 0.5) is 0 Å². The number of methoxy groups -OCH3 is 2. The smallest absolute Gasteiger partial charge is 0.222 e. The number of pyridine rings is 1. The summed E-state index contributed by atoms with van der Waals surface area (Å²) in [6.45, 7) is 2.37. The Kier molecular flexibility index (Phi) is 6.14. The fourth-order valence-corrected chi connectivity index (χ4v) is 2.39. The van der Waals surface area contributed by atoms with Crippen LogP contribution in [0.3, 0.4) is 0 Å². The second-order valence-corrected chi connectivity index (χ2v) is 5.51. The molecule has 0 aliphatic rings. The Hall–Kier alpha value is -2.60. The average molecular weight is 329 g/mol. The summed E-state index contributed by atoms with van der Waals surface area (Å²) in [7, 11) is 3.14. The van der Waals surface area contributed by atoms with Gasteiger partial charge in [0.2, 0.25) is 5.91 Å². The molecule has 0 bridgehead atoms. The molecule has 1 aromatic heterocycles. The van der Waals surface area contributed by atoms with Crippen molar-refractivity contribution in [3.8, 4) is 11.5 Å². The number of hydrogen-bond donors (Lipinski definition) is 2. The van der Waals surface area contributed by atoms with Crippen molar-refractivity contribution >= 4 is 5.91 Å². The first-order valence-electron chi connectivity index (χ1n) is 7.69. The van der Waals surface area contributed by atoms with E-state index in [4.69, 9.17) is 15.2 Å². The van der Waals surface area contributed by atoms with E-state index in [1.54, 1.807) is 32.5 Å². The predicted octanol–water partition coefficient (Wildman–Crippen LogP) is 2.11. The van der Waals surface area contributed by atoms with Gasteiger partial charge in [0, 0.05) is 30.9 Å². The van der Waals surface area contributed by atoms with Gasteiger partial charge in [0.25, 0.3) is 0 Å². The highest BCUT2D eigenvalue weighted by Gasteiger charge is 2.14. The van der Waals surface area contributed by atoms with E-state index in [0.29, 0.717) is 18.0 Å². The summed E-state index contributed by atoms with van der Waals surface area (Å²) in [6, 6.07) is 8.82. The second kappa shape index (κ2) is 8.31. The van der Waals surface area contributed by atoms with Gasteiger partial charge in [-0.25, -0.2) is 0 Å². The second-order valence-electron chi connectivity index (χ2n) is 5.51. The molecule has 24 heavy (non-hydrogen) atoms. The fraction of sp³-hybridized carbons (Fsp3) is 0.333. The van der Waals surface area contributed by atoms with Crippen molar-refractivity contribution in [2.75, 3.05) is 14.2 Å². The molecule has 0 aliphatic heterocycles. The number of benzene rings is 1. The first-order valence-corrected chi connectivity index (χ1v) is 7.69. The minimum absolute atomic E-state index is 0.105. The largest absolute Gasteiger partial charge is 0.493 e. The maximum absolute atomic E-state index is 12.1. The van der Waals surface area contributed by atoms with Gasteiger partial charge in [0.05, 0.1) is 14.2 Å². The Bertz CT molecular complexity index is 704. The normalized spacial score (nSPS) is 11.7. The average Bonchev–Trinajstić information content (AvgIpc) is 2.59. The number of aromatic nitrogens is 1. The van der Waals surface area contributed by atoms with Crippen molar-refractivity contribution in [2.45, 2.75) is 25.9 Å². The molecule has 0 saturated heterocycles. The summed E-state index contributed by atoms with van der Waals surface area (Å²) in [5, 5.41) is 2.88. The first-order chi connectivity index (χ1) is 11.5. The molecule has 2 rings (SSSR count). The Morgan fingerprint density at radius 3 is 2.62 bits per heavy atom. The third-order valence-corrected chi connectivity index (χ3v) is 3.69. The van der Waals surface area contributed by atoms with Crippen LogP contribution in [0, 0.1) is 6.92 Å². The zero-order valence-electron chi connectivity index (χ0n) is 14.2. The molecule has 128 valence electrons. The van der Waals surface area contributed by atoms with Gasteiger partial charge in [0.15, 0.2) is 11.5 Å². The van der Waals surface area contributed by atoms with E-state index >= 15 is 0 Å². The van der Waals surface area contributed by atoms with E-state index in [9.17, 15) is 4.79 Å². The van der Waals surface area contributed by atoms with E-state index in [-0.39, 0.29) is 12.3 Å². The lowest BCUT2D eigenvalue weighted by atomic mass is 10.0. The number of nitrogens with one attached hydrogen (secondary N) is 1. The minimum Gasteiger partial charge on any atom is -0.493 e. The molecular formula is C18H23N3O3. The molecule has 1 heterocycles. The van der Waals surface area contributed by atoms with Crippen LogP contribution >= 0.6 is 0 Å². The monoisotopic (exact) mass is 329 g/mol. The predicted molar refractivity (Wildman–Crippen MR) is 91.9 cm³/mol. The van der Waals surface area contributed by atoms with E-state index in [1.165, 1.54) is 0 Å². The standard InChI is InChI=1S/C18H23N3O3/c1-12-8-13(6-7-20-12)11-21-18(22)10-15(19)14-4-5-16(23-2)17(9-14)24-3/h4-9,15H,10-11,19H2,1-3H3,(H,21,22)/t15-/m0/s1. The number of carbonyl (C=O) groups is 1. The lowest BCUT2D eigenvalue weighted by Crippen LogP contribution is -2.27. The minimum atomic E-state index is -0.413. The zero-order valence-corrected chi connectivity index (χ0v) is 14.2. The van der Waals surface area contributed by atoms with Gasteiger partial charge in [0.1, 0.15) is 0 Å². The molecule has 1 amide bonds. The molecular weight excluding hydrogens is 306 g/mol. The molecule has 6 heteroatoms. The van der Waals surface area contributed by atoms with Crippen molar-refractivity contribution in [1.29, 1.82) is 0 Å². The number of nitrogens with zero attached hydrogens (tertiary/aromatic N) is 1. The first kappa shape index (κ1) is 17.7. The summed E-state index contributed by atoms with van der Waals surface area (Å²) in [5.74, 6) is 1.12. The Balaban J connectivity index is 1.93. The lowest BCUT2D eigenvalue weighted by Gasteiger charge is -2.15. The Labute approximate surface area is 142 Å². The van der Waals surface area contributed by atoms with Crippen LogP contribution < -0.4 is 20.5 Å². The highest BCUT2D eigenvalue weighted by atomic mass is 16.5. The van der Waals surface area contributed by atoms with Crippen LogP contribution in [0.25, 0.3) is 0 Å². The van der Waals surface area contributed by atoms with Gasteiger partial charge >= 0.3 is 0 Å². The molecule has 3 N–H and O–H groups in total. The topological polar surface area (TPSA) is 86.5 Å². The fourth-order valence-electron chi connectivity index (χ4n) is 2.39. The number of carbonyl (C=O) groups excluding carboxylic acids is 1. The van der Waals surface area contributed by atoms with E-state index in [2.05, 4.69) is 10.3 Å². The molecule has 0 saturated carbocycles. The molecule has 0 spiro atoms. The summed E-state index contributed by atoms with van der Waals surface area (Å²) in [4.78, 5) is 16.2. The van der Waals surface area contributed by atoms with E-state index in [0.717, 1.165) is 16.8 Å². The van der Waals surface area contributed by atoms with Crippen LogP contribution in [0.2, 0.25) is 0 Å². The van der Waals surface area contributed by atoms with Crippen LogP contribution in [-0.2, 0) is 11.3 Å². The van der Waals surface area contributed by atoms with E-state index in [1.807, 2.05) is 25.1 Å². The van der Waals surface area contributed by atoms with Crippen molar-refractivity contribution in [2.24, 2.45) is 5.73 Å². The molecule has 6 nitrogen and oxygen atoms in total. The highest BCUT2D eigenvalue weighted by molar-refractivity contribution is 5.76. The van der Waals surface area contributed by atoms with Crippen molar-refractivity contribution < 1.29 is 14.3 Å². The van der Waals surface area contributed by atoms with Gasteiger partial charge in [-0.3, -0.25) is 9.78 Å². The maximum Gasteiger partial charge on any atom is 0.222 e. The third kappa shape index (κ3) is 4.70. The molecule has 2 aromatic rings. The molecule has 1 aromatic carbocycles. The molecule has 0 radical (unpaired) electrons. The molecule has 1 atom stereocenters. The summed E-state index contributed by atoms with van der Waals surface area (Å²) < 4.78 is 10.5. The Morgan fingerprint density at radius 2 is 1.96 bits per heavy atom. The van der Waals surface area contributed by atoms with Crippen molar-refractivity contribution in [3.63, 3.8) is 0 Å². The van der Waals surface area contributed by atoms with Gasteiger partial charge in [-0.05, 0) is 42.3 Å². The van der Waals surface area contributed by atoms with Crippen LogP contribution in [0.15, 0.2) is 36.5 Å². The number of hydrogen-bond acceptors (Lipinski definition) is 5. The number of amides is 1.